The summed E-state index contributed by atoms with van der Waals surface area (Å²) in [7, 11) is -7.39. The minimum absolute atomic E-state index is 0.0322. The first kappa shape index (κ1) is 32.4. The molecule has 0 radical (unpaired) electrons. The number of aromatic nitrogens is 1. The molecule has 238 valence electrons. The van der Waals surface area contributed by atoms with E-state index >= 15 is 0 Å². The van der Waals surface area contributed by atoms with Crippen LogP contribution in [0.2, 0.25) is 0 Å². The minimum Gasteiger partial charge on any atom is -0.491 e. The maximum Gasteiger partial charge on any atom is 0.243 e. The molecule has 2 aromatic carbocycles. The number of hydrogen-bond acceptors (Lipinski definition) is 10. The van der Waals surface area contributed by atoms with Crippen molar-refractivity contribution in [3.8, 4) is 17.0 Å². The number of ether oxygens (including phenoxy) is 2. The number of hydrogen-bond donors (Lipinski definition) is 3. The number of sulfone groups is 1. The Bertz CT molecular complexity index is 1660. The van der Waals surface area contributed by atoms with Crippen LogP contribution in [0.1, 0.15) is 19.3 Å². The molecule has 0 amide bonds. The molecule has 2 saturated heterocycles. The lowest BCUT2D eigenvalue weighted by Crippen LogP contribution is -2.47. The Balaban J connectivity index is 1.10. The van der Waals surface area contributed by atoms with Gasteiger partial charge in [0.2, 0.25) is 16.0 Å². The van der Waals surface area contributed by atoms with Gasteiger partial charge in [0.25, 0.3) is 0 Å². The molecule has 3 heterocycles. The third kappa shape index (κ3) is 7.62. The summed E-state index contributed by atoms with van der Waals surface area (Å²) in [5.41, 5.74) is 0.409. The molecule has 0 bridgehead atoms. The van der Waals surface area contributed by atoms with Crippen molar-refractivity contribution in [2.24, 2.45) is 0 Å². The second kappa shape index (κ2) is 13.6. The molecule has 5 rings (SSSR count). The largest absolute Gasteiger partial charge is 0.491 e. The lowest BCUT2D eigenvalue weighted by molar-refractivity contribution is -0.0312. The van der Waals surface area contributed by atoms with Crippen molar-refractivity contribution in [3.63, 3.8) is 0 Å². The van der Waals surface area contributed by atoms with Gasteiger partial charge in [-0.2, -0.15) is 8.70 Å². The lowest BCUT2D eigenvalue weighted by atomic mass is 9.88. The van der Waals surface area contributed by atoms with Gasteiger partial charge in [-0.25, -0.2) is 21.8 Å². The van der Waals surface area contributed by atoms with Crippen molar-refractivity contribution >= 4 is 19.9 Å². The molecule has 1 spiro atoms. The number of aliphatic hydroxyl groups excluding tert-OH is 2. The third-order valence-electron chi connectivity index (χ3n) is 7.93. The summed E-state index contributed by atoms with van der Waals surface area (Å²) in [5, 5.41) is 22.7. The van der Waals surface area contributed by atoms with Crippen LogP contribution in [0.25, 0.3) is 11.3 Å². The molecule has 0 unspecified atom stereocenters. The van der Waals surface area contributed by atoms with E-state index in [4.69, 9.17) is 14.6 Å². The number of nitrogens with one attached hydrogen (secondary N) is 1. The molecule has 1 aromatic heterocycles. The van der Waals surface area contributed by atoms with E-state index in [2.05, 4.69) is 10.3 Å². The van der Waals surface area contributed by atoms with Crippen LogP contribution in [-0.4, -0.2) is 99.3 Å². The van der Waals surface area contributed by atoms with Crippen LogP contribution in [0.5, 0.6) is 5.75 Å². The van der Waals surface area contributed by atoms with Gasteiger partial charge in [-0.3, -0.25) is 0 Å². The molecule has 3 aromatic rings. The number of sulfonamides is 1. The quantitative estimate of drug-likeness (QED) is 0.248. The van der Waals surface area contributed by atoms with Crippen molar-refractivity contribution in [1.82, 2.24) is 14.6 Å². The SMILES string of the molecule is O=S(=O)(CCO)c1cccc(OC[C@@H](O)CN[C@H]2COC3(CCN(S(=O)(=O)c4cccc(-c5cccc(F)n5)c4)CC3)C2)c1. The third-order valence-corrected chi connectivity index (χ3v) is 11.5. The van der Waals surface area contributed by atoms with Crippen LogP contribution in [0.15, 0.2) is 76.5 Å². The van der Waals surface area contributed by atoms with Crippen LogP contribution >= 0.6 is 0 Å². The molecule has 0 aliphatic carbocycles. The van der Waals surface area contributed by atoms with E-state index in [1.54, 1.807) is 24.3 Å². The van der Waals surface area contributed by atoms with Gasteiger partial charge >= 0.3 is 0 Å². The Morgan fingerprint density at radius 2 is 1.77 bits per heavy atom. The number of pyridine rings is 1. The van der Waals surface area contributed by atoms with E-state index in [9.17, 15) is 26.3 Å². The summed E-state index contributed by atoms with van der Waals surface area (Å²) >= 11 is 0. The summed E-state index contributed by atoms with van der Waals surface area (Å²) < 4.78 is 78.0. The summed E-state index contributed by atoms with van der Waals surface area (Å²) in [6.07, 6.45) is 0.850. The second-order valence-corrected chi connectivity index (χ2v) is 15.1. The van der Waals surface area contributed by atoms with Crippen LogP contribution in [0, 0.1) is 5.95 Å². The van der Waals surface area contributed by atoms with E-state index in [1.165, 1.54) is 46.8 Å². The summed E-state index contributed by atoms with van der Waals surface area (Å²) in [6, 6.07) is 16.6. The molecular formula is C30H36FN3O8S2. The number of piperidine rings is 1. The fraction of sp³-hybridized carbons (Fsp3) is 0.433. The van der Waals surface area contributed by atoms with Gasteiger partial charge in [0.1, 0.15) is 18.5 Å². The monoisotopic (exact) mass is 649 g/mol. The first-order valence-electron chi connectivity index (χ1n) is 14.3. The van der Waals surface area contributed by atoms with Gasteiger partial charge in [0.05, 0.1) is 40.1 Å². The molecule has 0 saturated carbocycles. The summed E-state index contributed by atoms with van der Waals surface area (Å²) in [4.78, 5) is 4.02. The van der Waals surface area contributed by atoms with Gasteiger partial charge in [-0.1, -0.05) is 24.3 Å². The fourth-order valence-corrected chi connectivity index (χ4v) is 8.09. The predicted molar refractivity (Wildman–Crippen MR) is 160 cm³/mol. The number of rotatable bonds is 12. The molecule has 14 heteroatoms. The molecule has 44 heavy (non-hydrogen) atoms. The maximum absolute atomic E-state index is 13.6. The zero-order chi connectivity index (χ0) is 31.4. The molecule has 11 nitrogen and oxygen atoms in total. The van der Waals surface area contributed by atoms with Crippen LogP contribution in [0.3, 0.4) is 0 Å². The molecule has 2 aliphatic rings. The summed E-state index contributed by atoms with van der Waals surface area (Å²) in [5.74, 6) is -0.725. The van der Waals surface area contributed by atoms with Gasteiger partial charge in [0, 0.05) is 31.2 Å². The Kier molecular flexibility index (Phi) is 9.99. The van der Waals surface area contributed by atoms with Gasteiger partial charge in [0.15, 0.2) is 9.84 Å². The van der Waals surface area contributed by atoms with Crippen molar-refractivity contribution in [2.75, 3.05) is 45.2 Å². The van der Waals surface area contributed by atoms with Crippen molar-refractivity contribution in [1.29, 1.82) is 0 Å². The maximum atomic E-state index is 13.6. The van der Waals surface area contributed by atoms with Crippen LogP contribution in [-0.2, 0) is 24.6 Å². The number of halogens is 1. The smallest absolute Gasteiger partial charge is 0.243 e. The number of aliphatic hydroxyl groups is 2. The van der Waals surface area contributed by atoms with Crippen LogP contribution < -0.4 is 10.1 Å². The van der Waals surface area contributed by atoms with E-state index in [0.717, 1.165) is 0 Å². The molecule has 2 atom stereocenters. The van der Waals surface area contributed by atoms with Crippen molar-refractivity contribution < 1.29 is 40.9 Å². The highest BCUT2D eigenvalue weighted by atomic mass is 32.2. The van der Waals surface area contributed by atoms with E-state index in [1.807, 2.05) is 0 Å². The first-order valence-corrected chi connectivity index (χ1v) is 17.4. The van der Waals surface area contributed by atoms with Crippen molar-refractivity contribution in [3.05, 3.63) is 72.7 Å². The van der Waals surface area contributed by atoms with Gasteiger partial charge < -0.3 is 25.0 Å². The minimum atomic E-state index is -3.78. The van der Waals surface area contributed by atoms with E-state index < -0.39 is 44.1 Å². The van der Waals surface area contributed by atoms with Crippen molar-refractivity contribution in [2.45, 2.75) is 46.8 Å². The second-order valence-electron chi connectivity index (χ2n) is 11.1. The highest BCUT2D eigenvalue weighted by Crippen LogP contribution is 2.37. The summed E-state index contributed by atoms with van der Waals surface area (Å²) in [6.45, 7) is 0.700. The Hall–Kier alpha value is -2.98. The van der Waals surface area contributed by atoms with E-state index in [-0.39, 0.29) is 34.7 Å². The molecule has 2 fully saturated rings. The zero-order valence-electron chi connectivity index (χ0n) is 24.0. The lowest BCUT2D eigenvalue weighted by Gasteiger charge is -2.38. The molecular weight excluding hydrogens is 613 g/mol. The standard InChI is InChI=1S/C30H36FN3O8S2/c31-29-9-3-8-28(33-29)22-4-1-7-27(16-22)44(39,40)34-12-10-30(11-13-34)18-23(20-42-30)32-19-24(36)21-41-25-5-2-6-26(17-25)43(37,38)15-14-35/h1-9,16-17,23-24,32,35-36H,10-15,18-21H2/t23-,24+/m1/s1. The Labute approximate surface area is 256 Å². The molecule has 2 aliphatic heterocycles. The first-order chi connectivity index (χ1) is 21.0. The normalized spacial score (nSPS) is 19.7. The van der Waals surface area contributed by atoms with Gasteiger partial charge in [-0.15, -0.1) is 0 Å². The average Bonchev–Trinajstić information content (AvgIpc) is 3.41. The predicted octanol–water partition coefficient (Wildman–Crippen LogP) is 2.00. The Morgan fingerprint density at radius 1 is 1.05 bits per heavy atom. The number of nitrogens with zero attached hydrogens (tertiary/aromatic N) is 2. The topological polar surface area (TPSA) is 155 Å². The zero-order valence-corrected chi connectivity index (χ0v) is 25.6. The average molecular weight is 650 g/mol. The van der Waals surface area contributed by atoms with Gasteiger partial charge in [-0.05, 0) is 61.7 Å². The fourth-order valence-electron chi connectivity index (χ4n) is 5.54. The van der Waals surface area contributed by atoms with Crippen LogP contribution in [0.4, 0.5) is 4.39 Å². The molecule has 3 N–H and O–H groups in total. The highest BCUT2D eigenvalue weighted by molar-refractivity contribution is 7.91. The number of benzene rings is 2. The Morgan fingerprint density at radius 3 is 2.52 bits per heavy atom. The highest BCUT2D eigenvalue weighted by Gasteiger charge is 2.44. The van der Waals surface area contributed by atoms with E-state index in [0.29, 0.717) is 56.0 Å².